The SMILES string of the molecule is O=C(COC(=O)CCc1c[nH]c2ccccc12)NCC1(c2ccccc2)CCC1. The molecule has 0 radical (unpaired) electrons. The topological polar surface area (TPSA) is 71.2 Å². The Morgan fingerprint density at radius 2 is 1.79 bits per heavy atom. The maximum Gasteiger partial charge on any atom is 0.306 e. The molecule has 0 spiro atoms. The van der Waals surface area contributed by atoms with Crippen molar-refractivity contribution in [2.45, 2.75) is 37.5 Å². The Labute approximate surface area is 170 Å². The van der Waals surface area contributed by atoms with E-state index in [4.69, 9.17) is 4.74 Å². The van der Waals surface area contributed by atoms with Gasteiger partial charge in [0.1, 0.15) is 0 Å². The third-order valence-corrected chi connectivity index (χ3v) is 5.96. The number of aromatic nitrogens is 1. The van der Waals surface area contributed by atoms with Crippen LogP contribution in [0.15, 0.2) is 60.8 Å². The summed E-state index contributed by atoms with van der Waals surface area (Å²) in [6.07, 6.45) is 6.08. The van der Waals surface area contributed by atoms with Crippen molar-refractivity contribution in [3.63, 3.8) is 0 Å². The lowest BCUT2D eigenvalue weighted by atomic mass is 9.64. The second kappa shape index (κ2) is 8.52. The smallest absolute Gasteiger partial charge is 0.306 e. The summed E-state index contributed by atoms with van der Waals surface area (Å²) in [4.78, 5) is 27.4. The molecule has 2 N–H and O–H groups in total. The zero-order valence-electron chi connectivity index (χ0n) is 16.4. The number of aromatic amines is 1. The highest BCUT2D eigenvalue weighted by Gasteiger charge is 2.38. The van der Waals surface area contributed by atoms with E-state index < -0.39 is 0 Å². The lowest BCUT2D eigenvalue weighted by Crippen LogP contribution is -2.46. The number of carbonyl (C=O) groups is 2. The number of nitrogens with one attached hydrogen (secondary N) is 2. The predicted molar refractivity (Wildman–Crippen MR) is 113 cm³/mol. The van der Waals surface area contributed by atoms with E-state index in [1.807, 2.05) is 48.7 Å². The maximum absolute atomic E-state index is 12.2. The van der Waals surface area contributed by atoms with Crippen LogP contribution >= 0.6 is 0 Å². The molecular formula is C24H26N2O3. The van der Waals surface area contributed by atoms with Gasteiger partial charge in [0.05, 0.1) is 0 Å². The average molecular weight is 390 g/mol. The Balaban J connectivity index is 1.22. The Morgan fingerprint density at radius 1 is 1.03 bits per heavy atom. The maximum atomic E-state index is 12.2. The molecule has 5 heteroatoms. The molecule has 1 aliphatic carbocycles. The number of benzene rings is 2. The van der Waals surface area contributed by atoms with Crippen molar-refractivity contribution in [2.75, 3.05) is 13.2 Å². The summed E-state index contributed by atoms with van der Waals surface area (Å²) in [5, 5.41) is 4.07. The highest BCUT2D eigenvalue weighted by Crippen LogP contribution is 2.43. The van der Waals surface area contributed by atoms with Gasteiger partial charge < -0.3 is 15.0 Å². The second-order valence-corrected chi connectivity index (χ2v) is 7.80. The van der Waals surface area contributed by atoms with Crippen LogP contribution in [0, 0.1) is 0 Å². The molecule has 5 nitrogen and oxygen atoms in total. The zero-order chi connectivity index (χ0) is 20.1. The van der Waals surface area contributed by atoms with Gasteiger partial charge in [0.2, 0.25) is 0 Å². The summed E-state index contributed by atoms with van der Waals surface area (Å²) in [7, 11) is 0. The van der Waals surface area contributed by atoms with Gasteiger partial charge in [0.25, 0.3) is 5.91 Å². The number of hydrogen-bond donors (Lipinski definition) is 2. The van der Waals surface area contributed by atoms with E-state index in [2.05, 4.69) is 22.4 Å². The first kappa shape index (κ1) is 19.2. The third kappa shape index (κ3) is 4.34. The summed E-state index contributed by atoms with van der Waals surface area (Å²) < 4.78 is 5.18. The largest absolute Gasteiger partial charge is 0.456 e. The predicted octanol–water partition coefficient (Wildman–Crippen LogP) is 3.88. The normalized spacial score (nSPS) is 14.9. The van der Waals surface area contributed by atoms with Crippen molar-refractivity contribution in [3.05, 3.63) is 71.9 Å². The van der Waals surface area contributed by atoms with Crippen LogP contribution < -0.4 is 5.32 Å². The number of para-hydroxylation sites is 1. The summed E-state index contributed by atoms with van der Waals surface area (Å²) in [5.74, 6) is -0.598. The Morgan fingerprint density at radius 3 is 2.55 bits per heavy atom. The van der Waals surface area contributed by atoms with E-state index in [0.717, 1.165) is 29.3 Å². The minimum atomic E-state index is -0.355. The van der Waals surface area contributed by atoms with E-state index in [-0.39, 0.29) is 30.3 Å². The number of rotatable bonds is 8. The monoisotopic (exact) mass is 390 g/mol. The molecule has 1 aromatic heterocycles. The minimum Gasteiger partial charge on any atom is -0.456 e. The molecule has 0 saturated heterocycles. The number of carbonyl (C=O) groups excluding carboxylic acids is 2. The fraction of sp³-hybridized carbons (Fsp3) is 0.333. The van der Waals surface area contributed by atoms with Crippen LogP contribution in [0.2, 0.25) is 0 Å². The Bertz CT molecular complexity index is 990. The van der Waals surface area contributed by atoms with Crippen molar-refractivity contribution in [1.82, 2.24) is 10.3 Å². The summed E-state index contributed by atoms with van der Waals surface area (Å²) in [5.41, 5.74) is 3.42. The standard InChI is InChI=1S/C24H26N2O3/c27-22(26-17-24(13-6-14-24)19-7-2-1-3-8-19)16-29-23(28)12-11-18-15-25-21-10-5-4-9-20(18)21/h1-5,7-10,15,25H,6,11-14,16-17H2,(H,26,27). The molecular weight excluding hydrogens is 364 g/mol. The zero-order valence-corrected chi connectivity index (χ0v) is 16.4. The van der Waals surface area contributed by atoms with Crippen LogP contribution in [0.3, 0.4) is 0 Å². The molecule has 1 aliphatic rings. The Kier molecular flexibility index (Phi) is 5.65. The number of amides is 1. The van der Waals surface area contributed by atoms with Gasteiger partial charge in [-0.25, -0.2) is 0 Å². The number of hydrogen-bond acceptors (Lipinski definition) is 3. The quantitative estimate of drug-likeness (QED) is 0.574. The highest BCUT2D eigenvalue weighted by molar-refractivity contribution is 5.84. The lowest BCUT2D eigenvalue weighted by molar-refractivity contribution is -0.148. The van der Waals surface area contributed by atoms with Crippen molar-refractivity contribution < 1.29 is 14.3 Å². The van der Waals surface area contributed by atoms with Gasteiger partial charge >= 0.3 is 5.97 Å². The molecule has 0 unspecified atom stereocenters. The number of aryl methyl sites for hydroxylation is 1. The average Bonchev–Trinajstić information content (AvgIpc) is 3.14. The van der Waals surface area contributed by atoms with Crippen molar-refractivity contribution in [1.29, 1.82) is 0 Å². The molecule has 2 aromatic carbocycles. The van der Waals surface area contributed by atoms with Crippen molar-refractivity contribution >= 4 is 22.8 Å². The van der Waals surface area contributed by atoms with Crippen LogP contribution in [0.5, 0.6) is 0 Å². The van der Waals surface area contributed by atoms with Gasteiger partial charge in [-0.1, -0.05) is 55.0 Å². The van der Waals surface area contributed by atoms with Gasteiger partial charge in [0, 0.05) is 35.5 Å². The van der Waals surface area contributed by atoms with Gasteiger partial charge in [-0.05, 0) is 36.5 Å². The molecule has 1 amide bonds. The van der Waals surface area contributed by atoms with Crippen molar-refractivity contribution in [2.24, 2.45) is 0 Å². The lowest BCUT2D eigenvalue weighted by Gasteiger charge is -2.42. The fourth-order valence-corrected chi connectivity index (χ4v) is 4.07. The molecule has 3 aromatic rings. The molecule has 0 atom stereocenters. The van der Waals surface area contributed by atoms with E-state index in [0.29, 0.717) is 13.0 Å². The van der Waals surface area contributed by atoms with E-state index in [9.17, 15) is 9.59 Å². The first-order valence-corrected chi connectivity index (χ1v) is 10.2. The van der Waals surface area contributed by atoms with Crippen LogP contribution in [-0.4, -0.2) is 30.0 Å². The molecule has 1 fully saturated rings. The molecule has 0 aliphatic heterocycles. The van der Waals surface area contributed by atoms with Gasteiger partial charge in [-0.2, -0.15) is 0 Å². The van der Waals surface area contributed by atoms with E-state index in [1.54, 1.807) is 0 Å². The number of ether oxygens (including phenoxy) is 1. The fourth-order valence-electron chi connectivity index (χ4n) is 4.07. The van der Waals surface area contributed by atoms with Crippen LogP contribution in [0.4, 0.5) is 0 Å². The second-order valence-electron chi connectivity index (χ2n) is 7.80. The van der Waals surface area contributed by atoms with Crippen LogP contribution in [-0.2, 0) is 26.2 Å². The third-order valence-electron chi connectivity index (χ3n) is 5.96. The van der Waals surface area contributed by atoms with Crippen molar-refractivity contribution in [3.8, 4) is 0 Å². The first-order chi connectivity index (χ1) is 14.2. The molecule has 1 saturated carbocycles. The molecule has 0 bridgehead atoms. The van der Waals surface area contributed by atoms with E-state index in [1.165, 1.54) is 12.0 Å². The molecule has 1 heterocycles. The number of esters is 1. The first-order valence-electron chi connectivity index (χ1n) is 10.2. The van der Waals surface area contributed by atoms with Crippen LogP contribution in [0.1, 0.15) is 36.8 Å². The van der Waals surface area contributed by atoms with Gasteiger partial charge in [0.15, 0.2) is 6.61 Å². The summed E-state index contributed by atoms with van der Waals surface area (Å²) in [6, 6.07) is 18.3. The van der Waals surface area contributed by atoms with Gasteiger partial charge in [-0.15, -0.1) is 0 Å². The highest BCUT2D eigenvalue weighted by atomic mass is 16.5. The molecule has 29 heavy (non-hydrogen) atoms. The number of H-pyrrole nitrogens is 1. The summed E-state index contributed by atoms with van der Waals surface area (Å²) >= 11 is 0. The van der Waals surface area contributed by atoms with Gasteiger partial charge in [-0.3, -0.25) is 9.59 Å². The van der Waals surface area contributed by atoms with E-state index >= 15 is 0 Å². The molecule has 4 rings (SSSR count). The Hall–Kier alpha value is -3.08. The minimum absolute atomic E-state index is 0.0241. The molecule has 150 valence electrons. The van der Waals surface area contributed by atoms with Crippen LogP contribution in [0.25, 0.3) is 10.9 Å². The summed E-state index contributed by atoms with van der Waals surface area (Å²) in [6.45, 7) is 0.361. The number of fused-ring (bicyclic) bond motifs is 1.